The van der Waals surface area contributed by atoms with Crippen molar-refractivity contribution in [3.05, 3.63) is 42.0 Å². The van der Waals surface area contributed by atoms with E-state index in [2.05, 4.69) is 9.72 Å². The molecule has 2 heterocycles. The molecule has 2 aromatic heterocycles. The Balaban J connectivity index is 2.10. The van der Waals surface area contributed by atoms with E-state index in [0.717, 1.165) is 28.4 Å². The number of aromatic nitrogens is 3. The number of fused-ring (bicyclic) bond motifs is 1. The van der Waals surface area contributed by atoms with Crippen LogP contribution in [0.15, 0.2) is 35.0 Å². The predicted octanol–water partition coefficient (Wildman–Crippen LogP) is 3.25. The second-order valence-electron chi connectivity index (χ2n) is 4.59. The van der Waals surface area contributed by atoms with E-state index in [1.165, 1.54) is 0 Å². The van der Waals surface area contributed by atoms with Crippen LogP contribution in [0, 0.1) is 0 Å². The van der Waals surface area contributed by atoms with Crippen molar-refractivity contribution in [2.75, 3.05) is 12.5 Å². The lowest BCUT2D eigenvalue weighted by molar-refractivity contribution is 0.343. The zero-order chi connectivity index (χ0) is 14.7. The molecule has 0 saturated carbocycles. The topological polar surface area (TPSA) is 53.1 Å². The maximum Gasteiger partial charge on any atom is 0.156 e. The molecule has 6 heteroatoms. The summed E-state index contributed by atoms with van der Waals surface area (Å²) in [4.78, 5) is 4.69. The third-order valence-electron chi connectivity index (χ3n) is 3.24. The van der Waals surface area contributed by atoms with E-state index < -0.39 is 0 Å². The van der Waals surface area contributed by atoms with E-state index in [0.29, 0.717) is 25.5 Å². The minimum Gasteiger partial charge on any atom is -0.492 e. The van der Waals surface area contributed by atoms with Crippen LogP contribution in [0.3, 0.4) is 0 Å². The summed E-state index contributed by atoms with van der Waals surface area (Å²) in [5.41, 5.74) is 1.87. The van der Waals surface area contributed by atoms with Gasteiger partial charge in [-0.05, 0) is 19.1 Å². The summed E-state index contributed by atoms with van der Waals surface area (Å²) in [6, 6.07) is 7.78. The second-order valence-corrected chi connectivity index (χ2v) is 4.97. The number of ether oxygens (including phenoxy) is 1. The van der Waals surface area contributed by atoms with Crippen molar-refractivity contribution >= 4 is 22.6 Å². The van der Waals surface area contributed by atoms with Gasteiger partial charge in [0.15, 0.2) is 5.76 Å². The van der Waals surface area contributed by atoms with Crippen molar-refractivity contribution in [1.29, 1.82) is 0 Å². The molecule has 5 nitrogen and oxygen atoms in total. The molecular formula is C15H16ClN3O2. The van der Waals surface area contributed by atoms with E-state index in [4.69, 9.17) is 25.8 Å². The van der Waals surface area contributed by atoms with Crippen LogP contribution in [-0.4, -0.2) is 27.2 Å². The van der Waals surface area contributed by atoms with Crippen LogP contribution in [0.1, 0.15) is 18.5 Å². The van der Waals surface area contributed by atoms with Crippen molar-refractivity contribution in [2.24, 2.45) is 0 Å². The molecule has 0 aliphatic heterocycles. The number of para-hydroxylation sites is 1. The molecule has 0 unspecified atom stereocenters. The van der Waals surface area contributed by atoms with Crippen molar-refractivity contribution in [1.82, 2.24) is 14.7 Å². The average molecular weight is 306 g/mol. The van der Waals surface area contributed by atoms with Gasteiger partial charge in [-0.25, -0.2) is 4.98 Å². The number of halogens is 1. The van der Waals surface area contributed by atoms with Crippen LogP contribution < -0.4 is 4.74 Å². The number of alkyl halides is 1. The average Bonchev–Trinajstić information content (AvgIpc) is 3.10. The van der Waals surface area contributed by atoms with Crippen LogP contribution in [0.5, 0.6) is 5.75 Å². The smallest absolute Gasteiger partial charge is 0.156 e. The minimum absolute atomic E-state index is 0.518. The number of hydrogen-bond donors (Lipinski definition) is 0. The normalized spacial score (nSPS) is 11.1. The maximum atomic E-state index is 5.90. The number of aryl methyl sites for hydroxylation is 1. The quantitative estimate of drug-likeness (QED) is 0.656. The largest absolute Gasteiger partial charge is 0.492 e. The van der Waals surface area contributed by atoms with Gasteiger partial charge in [0.1, 0.15) is 17.1 Å². The van der Waals surface area contributed by atoms with Crippen LogP contribution in [-0.2, 0) is 13.0 Å². The Kier molecular flexibility index (Phi) is 4.10. The molecule has 0 spiro atoms. The van der Waals surface area contributed by atoms with Gasteiger partial charge in [-0.3, -0.25) is 0 Å². The molecule has 3 aromatic rings. The van der Waals surface area contributed by atoms with E-state index in [1.54, 1.807) is 6.20 Å². The third kappa shape index (κ3) is 2.74. The van der Waals surface area contributed by atoms with E-state index in [-0.39, 0.29) is 0 Å². The van der Waals surface area contributed by atoms with Crippen molar-refractivity contribution in [3.63, 3.8) is 0 Å². The summed E-state index contributed by atoms with van der Waals surface area (Å²) >= 11 is 5.90. The standard InChI is InChI=1S/C15H16ClN3O2/c1-2-20-13-5-3-4-12-15(13)18-14(6-8-16)19(12)10-11-7-9-17-21-11/h3-5,7,9H,2,6,8,10H2,1H3. The fourth-order valence-electron chi connectivity index (χ4n) is 2.37. The SMILES string of the molecule is CCOc1cccc2c1nc(CCCl)n2Cc1ccno1. The summed E-state index contributed by atoms with van der Waals surface area (Å²) in [5.74, 6) is 3.02. The van der Waals surface area contributed by atoms with Gasteiger partial charge >= 0.3 is 0 Å². The molecule has 0 amide bonds. The van der Waals surface area contributed by atoms with Crippen molar-refractivity contribution in [3.8, 4) is 5.75 Å². The maximum absolute atomic E-state index is 5.90. The Morgan fingerprint density at radius 3 is 2.95 bits per heavy atom. The lowest BCUT2D eigenvalue weighted by atomic mass is 10.3. The lowest BCUT2D eigenvalue weighted by Crippen LogP contribution is -2.05. The molecule has 1 aromatic carbocycles. The van der Waals surface area contributed by atoms with Gasteiger partial charge < -0.3 is 13.8 Å². The van der Waals surface area contributed by atoms with Crippen LogP contribution >= 0.6 is 11.6 Å². The van der Waals surface area contributed by atoms with Crippen LogP contribution in [0.25, 0.3) is 11.0 Å². The first-order chi connectivity index (χ1) is 10.3. The zero-order valence-corrected chi connectivity index (χ0v) is 12.5. The highest BCUT2D eigenvalue weighted by Gasteiger charge is 2.15. The Morgan fingerprint density at radius 2 is 2.24 bits per heavy atom. The number of hydrogen-bond acceptors (Lipinski definition) is 4. The minimum atomic E-state index is 0.518. The molecule has 0 N–H and O–H groups in total. The Labute approximate surface area is 127 Å². The van der Waals surface area contributed by atoms with E-state index >= 15 is 0 Å². The summed E-state index contributed by atoms with van der Waals surface area (Å²) in [6.45, 7) is 3.15. The Bertz CT molecular complexity index is 722. The molecule has 0 atom stereocenters. The number of rotatable bonds is 6. The molecule has 0 fully saturated rings. The molecule has 3 rings (SSSR count). The highest BCUT2D eigenvalue weighted by atomic mass is 35.5. The zero-order valence-electron chi connectivity index (χ0n) is 11.8. The molecule has 110 valence electrons. The molecular weight excluding hydrogens is 290 g/mol. The molecule has 0 aliphatic rings. The second kappa shape index (κ2) is 6.18. The van der Waals surface area contributed by atoms with Gasteiger partial charge in [0.05, 0.1) is 24.9 Å². The number of nitrogens with zero attached hydrogens (tertiary/aromatic N) is 3. The van der Waals surface area contributed by atoms with E-state index in [1.807, 2.05) is 31.2 Å². The first-order valence-corrected chi connectivity index (χ1v) is 7.43. The molecule has 0 aliphatic carbocycles. The first-order valence-electron chi connectivity index (χ1n) is 6.90. The highest BCUT2D eigenvalue weighted by Crippen LogP contribution is 2.27. The highest BCUT2D eigenvalue weighted by molar-refractivity contribution is 6.17. The summed E-state index contributed by atoms with van der Waals surface area (Å²) in [5, 5.41) is 3.75. The van der Waals surface area contributed by atoms with Crippen LogP contribution in [0.2, 0.25) is 0 Å². The van der Waals surface area contributed by atoms with Crippen molar-refractivity contribution < 1.29 is 9.26 Å². The van der Waals surface area contributed by atoms with E-state index in [9.17, 15) is 0 Å². The first kappa shape index (κ1) is 13.9. The predicted molar refractivity (Wildman–Crippen MR) is 80.9 cm³/mol. The van der Waals surface area contributed by atoms with Gasteiger partial charge in [-0.2, -0.15) is 0 Å². The lowest BCUT2D eigenvalue weighted by Gasteiger charge is -2.06. The molecule has 21 heavy (non-hydrogen) atoms. The fourth-order valence-corrected chi connectivity index (χ4v) is 2.54. The van der Waals surface area contributed by atoms with Crippen LogP contribution in [0.4, 0.5) is 0 Å². The summed E-state index contributed by atoms with van der Waals surface area (Å²) in [6.07, 6.45) is 2.33. The summed E-state index contributed by atoms with van der Waals surface area (Å²) < 4.78 is 13.0. The molecule has 0 saturated heterocycles. The Hall–Kier alpha value is -2.01. The van der Waals surface area contributed by atoms with Gasteiger partial charge in [-0.15, -0.1) is 11.6 Å². The summed E-state index contributed by atoms with van der Waals surface area (Å²) in [7, 11) is 0. The van der Waals surface area contributed by atoms with Gasteiger partial charge in [0, 0.05) is 18.4 Å². The Morgan fingerprint density at radius 1 is 1.33 bits per heavy atom. The molecule has 0 radical (unpaired) electrons. The molecule has 0 bridgehead atoms. The number of benzene rings is 1. The fraction of sp³-hybridized carbons (Fsp3) is 0.333. The monoisotopic (exact) mass is 305 g/mol. The van der Waals surface area contributed by atoms with Gasteiger partial charge in [-0.1, -0.05) is 11.2 Å². The third-order valence-corrected chi connectivity index (χ3v) is 3.43. The van der Waals surface area contributed by atoms with Crippen molar-refractivity contribution in [2.45, 2.75) is 19.9 Å². The van der Waals surface area contributed by atoms with Gasteiger partial charge in [0.2, 0.25) is 0 Å². The van der Waals surface area contributed by atoms with Gasteiger partial charge in [0.25, 0.3) is 0 Å². The number of imidazole rings is 1.